The van der Waals surface area contributed by atoms with E-state index >= 15 is 0 Å². The Kier molecular flexibility index (Phi) is 6.75. The number of likely N-dealkylation sites (tertiary alicyclic amines) is 1. The molecule has 1 fully saturated rings. The molecule has 1 aliphatic rings. The van der Waals surface area contributed by atoms with Gasteiger partial charge in [0.1, 0.15) is 34.4 Å². The predicted molar refractivity (Wildman–Crippen MR) is 139 cm³/mol. The number of nitrogens with zero attached hydrogens (tertiary/aromatic N) is 8. The van der Waals surface area contributed by atoms with Gasteiger partial charge in [0.15, 0.2) is 11.4 Å². The van der Waals surface area contributed by atoms with Crippen LogP contribution in [0.1, 0.15) is 11.1 Å². The summed E-state index contributed by atoms with van der Waals surface area (Å²) in [4.78, 5) is 40.2. The molecule has 0 atom stereocenters. The highest BCUT2D eigenvalue weighted by Crippen LogP contribution is 2.34. The number of halogens is 3. The molecule has 0 radical (unpaired) electrons. The first-order chi connectivity index (χ1) is 19.4. The molecular weight excluding hydrogens is 547 g/mol. The number of hydrogen-bond acceptors (Lipinski definition) is 9. The van der Waals surface area contributed by atoms with Gasteiger partial charge in [-0.2, -0.15) is 23.4 Å². The van der Waals surface area contributed by atoms with Crippen molar-refractivity contribution in [3.8, 4) is 17.6 Å². The number of carboxylic acid groups (broad SMARTS) is 1. The lowest BCUT2D eigenvalue weighted by atomic mass is 10.1. The van der Waals surface area contributed by atoms with Crippen LogP contribution < -0.4 is 20.5 Å². The van der Waals surface area contributed by atoms with Crippen LogP contribution >= 0.6 is 0 Å². The SMILES string of the molecule is CN1CC(N(C(=O)O)c2cc(Oc3cnc4nc(Nc5cc(C(F)(F)F)cn(C)c5=O)n(C)c4c3C#N)ccn2)C1. The van der Waals surface area contributed by atoms with Crippen LogP contribution in [0.2, 0.25) is 0 Å². The van der Waals surface area contributed by atoms with Gasteiger partial charge in [-0.05, 0) is 19.2 Å². The van der Waals surface area contributed by atoms with E-state index in [4.69, 9.17) is 4.74 Å². The monoisotopic (exact) mass is 569 g/mol. The summed E-state index contributed by atoms with van der Waals surface area (Å²) in [7, 11) is 4.56. The van der Waals surface area contributed by atoms with Crippen LogP contribution in [-0.4, -0.2) is 66.4 Å². The fourth-order valence-electron chi connectivity index (χ4n) is 4.52. The van der Waals surface area contributed by atoms with Crippen molar-refractivity contribution in [3.05, 3.63) is 58.3 Å². The molecule has 41 heavy (non-hydrogen) atoms. The number of imidazole rings is 1. The van der Waals surface area contributed by atoms with E-state index in [1.165, 1.54) is 43.2 Å². The van der Waals surface area contributed by atoms with Crippen LogP contribution in [0, 0.1) is 11.3 Å². The molecule has 0 spiro atoms. The van der Waals surface area contributed by atoms with Gasteiger partial charge in [0.05, 0.1) is 17.8 Å². The first kappa shape index (κ1) is 27.4. The van der Waals surface area contributed by atoms with Gasteiger partial charge in [-0.1, -0.05) is 0 Å². The van der Waals surface area contributed by atoms with Crippen molar-refractivity contribution in [2.24, 2.45) is 14.1 Å². The second-order valence-corrected chi connectivity index (χ2v) is 9.44. The second kappa shape index (κ2) is 10.1. The van der Waals surface area contributed by atoms with Gasteiger partial charge in [-0.3, -0.25) is 9.69 Å². The Balaban J connectivity index is 1.49. The van der Waals surface area contributed by atoms with Crippen LogP contribution in [0.3, 0.4) is 0 Å². The summed E-state index contributed by atoms with van der Waals surface area (Å²) in [5.74, 6) is 0.327. The number of amides is 1. The molecule has 16 heteroatoms. The number of rotatable bonds is 6. The Morgan fingerprint density at radius 3 is 2.61 bits per heavy atom. The summed E-state index contributed by atoms with van der Waals surface area (Å²) in [6.07, 6.45) is -2.54. The van der Waals surface area contributed by atoms with Gasteiger partial charge in [-0.25, -0.2) is 14.8 Å². The van der Waals surface area contributed by atoms with Gasteiger partial charge in [0.25, 0.3) is 5.56 Å². The molecular formula is C25H22F3N9O4. The van der Waals surface area contributed by atoms with Crippen LogP contribution in [-0.2, 0) is 20.3 Å². The van der Waals surface area contributed by atoms with Crippen LogP contribution in [0.15, 0.2) is 41.6 Å². The number of nitrogens with one attached hydrogen (secondary N) is 1. The van der Waals surface area contributed by atoms with Crippen molar-refractivity contribution in [3.63, 3.8) is 0 Å². The lowest BCUT2D eigenvalue weighted by molar-refractivity contribution is -0.138. The number of anilines is 3. The van der Waals surface area contributed by atoms with E-state index in [9.17, 15) is 33.1 Å². The maximum atomic E-state index is 13.3. The lowest BCUT2D eigenvalue weighted by Crippen LogP contribution is -2.59. The summed E-state index contributed by atoms with van der Waals surface area (Å²) in [5, 5.41) is 22.3. The van der Waals surface area contributed by atoms with E-state index in [0.29, 0.717) is 25.4 Å². The van der Waals surface area contributed by atoms with Crippen molar-refractivity contribution >= 4 is 34.7 Å². The van der Waals surface area contributed by atoms with Crippen molar-refractivity contribution in [2.75, 3.05) is 30.4 Å². The second-order valence-electron chi connectivity index (χ2n) is 9.44. The molecule has 0 saturated carbocycles. The zero-order valence-electron chi connectivity index (χ0n) is 21.8. The minimum Gasteiger partial charge on any atom is -0.465 e. The summed E-state index contributed by atoms with van der Waals surface area (Å²) < 4.78 is 48.0. The largest absolute Gasteiger partial charge is 0.465 e. The molecule has 5 rings (SSSR count). The van der Waals surface area contributed by atoms with Gasteiger partial charge < -0.3 is 29.2 Å². The number of aryl methyl sites for hydroxylation is 2. The van der Waals surface area contributed by atoms with Gasteiger partial charge in [0.2, 0.25) is 5.95 Å². The molecule has 0 aliphatic carbocycles. The molecule has 2 N–H and O–H groups in total. The fourth-order valence-corrected chi connectivity index (χ4v) is 4.52. The Morgan fingerprint density at radius 2 is 1.98 bits per heavy atom. The topological polar surface area (TPSA) is 154 Å². The van der Waals surface area contributed by atoms with Gasteiger partial charge in [-0.15, -0.1) is 0 Å². The Morgan fingerprint density at radius 1 is 1.24 bits per heavy atom. The zero-order chi connectivity index (χ0) is 29.6. The van der Waals surface area contributed by atoms with E-state index < -0.39 is 23.4 Å². The molecule has 1 amide bonds. The smallest absolute Gasteiger partial charge is 0.417 e. The van der Waals surface area contributed by atoms with Crippen molar-refractivity contribution < 1.29 is 27.8 Å². The van der Waals surface area contributed by atoms with E-state index in [-0.39, 0.29) is 51.7 Å². The third kappa shape index (κ3) is 5.10. The van der Waals surface area contributed by atoms with Crippen molar-refractivity contribution in [1.29, 1.82) is 5.26 Å². The molecule has 0 unspecified atom stereocenters. The molecule has 4 aromatic heterocycles. The van der Waals surface area contributed by atoms with Crippen molar-refractivity contribution in [1.82, 2.24) is 29.0 Å². The number of fused-ring (bicyclic) bond motifs is 1. The number of aromatic nitrogens is 5. The maximum Gasteiger partial charge on any atom is 0.417 e. The first-order valence-electron chi connectivity index (χ1n) is 12.0. The number of likely N-dealkylation sites (N-methyl/N-ethyl adjacent to an activating group) is 1. The van der Waals surface area contributed by atoms with Crippen LogP contribution in [0.5, 0.6) is 11.5 Å². The Labute approximate surface area is 229 Å². The number of hydrogen-bond donors (Lipinski definition) is 2. The molecule has 0 bridgehead atoms. The highest BCUT2D eigenvalue weighted by molar-refractivity contribution is 5.86. The maximum absolute atomic E-state index is 13.3. The average Bonchev–Trinajstić information content (AvgIpc) is 3.20. The first-order valence-corrected chi connectivity index (χ1v) is 12.0. The van der Waals surface area contributed by atoms with Gasteiger partial charge >= 0.3 is 12.3 Å². The summed E-state index contributed by atoms with van der Waals surface area (Å²) in [6, 6.07) is 5.35. The molecule has 5 heterocycles. The summed E-state index contributed by atoms with van der Waals surface area (Å²) in [6.45, 7) is 1.09. The number of ether oxygens (including phenoxy) is 1. The number of alkyl halides is 3. The summed E-state index contributed by atoms with van der Waals surface area (Å²) >= 11 is 0. The minimum absolute atomic E-state index is 0.00376. The molecule has 4 aromatic rings. The third-order valence-corrected chi connectivity index (χ3v) is 6.54. The number of pyridine rings is 3. The normalized spacial score (nSPS) is 14.0. The molecule has 0 aromatic carbocycles. The van der Waals surface area contributed by atoms with E-state index in [1.54, 1.807) is 0 Å². The van der Waals surface area contributed by atoms with Crippen LogP contribution in [0.4, 0.5) is 35.4 Å². The minimum atomic E-state index is -4.68. The number of nitriles is 1. The molecule has 1 saturated heterocycles. The zero-order valence-corrected chi connectivity index (χ0v) is 21.8. The molecule has 212 valence electrons. The summed E-state index contributed by atoms with van der Waals surface area (Å²) in [5.41, 5.74) is -1.86. The predicted octanol–water partition coefficient (Wildman–Crippen LogP) is 3.29. The van der Waals surface area contributed by atoms with Crippen molar-refractivity contribution in [2.45, 2.75) is 12.2 Å². The fraction of sp³-hybridized carbons (Fsp3) is 0.280. The Bertz CT molecular complexity index is 1770. The molecule has 13 nitrogen and oxygen atoms in total. The quantitative estimate of drug-likeness (QED) is 0.354. The highest BCUT2D eigenvalue weighted by atomic mass is 19.4. The Hall–Kier alpha value is -5.17. The third-order valence-electron chi connectivity index (χ3n) is 6.54. The lowest BCUT2D eigenvalue weighted by Gasteiger charge is -2.41. The average molecular weight is 570 g/mol. The molecule has 1 aliphatic heterocycles. The van der Waals surface area contributed by atoms with E-state index in [0.717, 1.165) is 9.47 Å². The van der Waals surface area contributed by atoms with E-state index in [2.05, 4.69) is 20.3 Å². The van der Waals surface area contributed by atoms with Crippen LogP contribution in [0.25, 0.3) is 11.2 Å². The van der Waals surface area contributed by atoms with E-state index in [1.807, 2.05) is 18.0 Å². The number of carbonyl (C=O) groups is 1. The standard InChI is InChI=1S/C25H22F3N9O4/c1-34-11-14(12-34)37(24(39)40)19-7-15(4-5-30-19)41-18-9-31-21-20(16(18)8-29)36(3)23(33-21)32-17-6-13(25(26,27)28)10-35(2)22(17)38/h4-7,9-10,14H,11-12H2,1-3H3,(H,39,40)(H,31,32,33). The van der Waals surface area contributed by atoms with Gasteiger partial charge in [0, 0.05) is 45.6 Å². The highest BCUT2D eigenvalue weighted by Gasteiger charge is 2.35.